The normalized spacial score (nSPS) is 22.8. The van der Waals surface area contributed by atoms with E-state index in [4.69, 9.17) is 29.6 Å². The molecule has 13 nitrogen and oxygen atoms in total. The van der Waals surface area contributed by atoms with Crippen LogP contribution >= 0.6 is 0 Å². The Kier molecular flexibility index (Phi) is 8.86. The highest BCUT2D eigenvalue weighted by molar-refractivity contribution is 5.76. The van der Waals surface area contributed by atoms with E-state index in [0.29, 0.717) is 29.2 Å². The summed E-state index contributed by atoms with van der Waals surface area (Å²) in [7, 11) is 0. The fourth-order valence-electron chi connectivity index (χ4n) is 5.60. The van der Waals surface area contributed by atoms with Gasteiger partial charge in [0.2, 0.25) is 5.88 Å². The van der Waals surface area contributed by atoms with Gasteiger partial charge in [-0.15, -0.1) is 0 Å². The zero-order valence-electron chi connectivity index (χ0n) is 24.6. The van der Waals surface area contributed by atoms with Crippen LogP contribution in [-0.4, -0.2) is 88.7 Å². The molecule has 2 aromatic carbocycles. The number of carboxylic acids is 1. The minimum atomic E-state index is -2.58. The van der Waals surface area contributed by atoms with Crippen molar-refractivity contribution in [3.8, 4) is 17.1 Å². The fraction of sp³-hybridized carbons (Fsp3) is 0.303. The van der Waals surface area contributed by atoms with E-state index >= 15 is 0 Å². The summed E-state index contributed by atoms with van der Waals surface area (Å²) in [5.41, 5.74) is 9.66. The number of carboxylic acid groups (broad SMARTS) is 1. The van der Waals surface area contributed by atoms with Crippen LogP contribution in [0.25, 0.3) is 16.9 Å². The highest BCUT2D eigenvalue weighted by Crippen LogP contribution is 2.37. The lowest BCUT2D eigenvalue weighted by Gasteiger charge is -2.45. The number of nitrogens with two attached hydrogens (primary N) is 1. The molecule has 3 aromatic heterocycles. The predicted molar refractivity (Wildman–Crippen MR) is 163 cm³/mol. The molecule has 46 heavy (non-hydrogen) atoms. The number of ether oxygens (including phenoxy) is 2. The van der Waals surface area contributed by atoms with Gasteiger partial charge >= 0.3 is 11.8 Å². The molecule has 13 heteroatoms. The quantitative estimate of drug-likeness (QED) is 0.123. The highest BCUT2D eigenvalue weighted by Gasteiger charge is 2.56. The lowest BCUT2D eigenvalue weighted by atomic mass is 9.89. The van der Waals surface area contributed by atoms with Crippen molar-refractivity contribution in [2.24, 2.45) is 5.73 Å². The number of benzene rings is 2. The molecule has 0 amide bonds. The second kappa shape index (κ2) is 13.0. The first-order valence-electron chi connectivity index (χ1n) is 14.7. The summed E-state index contributed by atoms with van der Waals surface area (Å²) >= 11 is 0. The molecule has 0 unspecified atom stereocenters. The number of aliphatic hydroxyl groups is 4. The number of imidazole rings is 1. The van der Waals surface area contributed by atoms with Gasteiger partial charge in [-0.05, 0) is 17.7 Å². The second-order valence-electron chi connectivity index (χ2n) is 11.2. The smallest absolute Gasteiger partial charge is 0.377 e. The number of fused-ring (bicyclic) bond motifs is 1. The summed E-state index contributed by atoms with van der Waals surface area (Å²) in [6.45, 7) is -0.856. The maximum absolute atomic E-state index is 13.0. The van der Waals surface area contributed by atoms with E-state index in [1.807, 2.05) is 60.7 Å². The van der Waals surface area contributed by atoms with Gasteiger partial charge < -0.3 is 45.2 Å². The van der Waals surface area contributed by atoms with Gasteiger partial charge in [0.05, 0.1) is 49.2 Å². The number of furan rings is 1. The molecule has 0 spiro atoms. The first kappa shape index (κ1) is 31.4. The van der Waals surface area contributed by atoms with E-state index in [1.165, 1.54) is 6.26 Å². The summed E-state index contributed by atoms with van der Waals surface area (Å²) in [6.07, 6.45) is -3.67. The van der Waals surface area contributed by atoms with Crippen LogP contribution < -0.4 is 10.5 Å². The topological polar surface area (TPSA) is 206 Å². The average molecular weight is 631 g/mol. The summed E-state index contributed by atoms with van der Waals surface area (Å²) < 4.78 is 19.3. The molecule has 7 N–H and O–H groups in total. The standard InChI is InChI=1S/C33H34N4O9/c34-27-25(39)16-33(32(42)43,45-29(27)28(41)26(40)18-38)46-31-23(15-21-12-7-13-44-21)36-30-22(14-19-8-3-1-4-9-19)35-24(17-37(30)31)20-10-5-2-6-11-20/h1-13,17,25-29,38-41H,14-16,18,34H2,(H,42,43)/t25-,26+,27+,28+,29+,33-/m0/s1. The zero-order chi connectivity index (χ0) is 32.4. The van der Waals surface area contributed by atoms with Gasteiger partial charge in [0.1, 0.15) is 29.8 Å². The minimum absolute atomic E-state index is 0.0266. The number of aliphatic carboxylic acids is 1. The lowest BCUT2D eigenvalue weighted by molar-refractivity contribution is -0.283. The molecular weight excluding hydrogens is 596 g/mol. The van der Waals surface area contributed by atoms with E-state index in [1.54, 1.807) is 22.7 Å². The van der Waals surface area contributed by atoms with Crippen molar-refractivity contribution in [1.29, 1.82) is 0 Å². The molecule has 4 heterocycles. The molecular formula is C33H34N4O9. The first-order valence-corrected chi connectivity index (χ1v) is 14.7. The number of hydrogen-bond acceptors (Lipinski definition) is 11. The third-order valence-electron chi connectivity index (χ3n) is 8.04. The summed E-state index contributed by atoms with van der Waals surface area (Å²) in [6, 6.07) is 21.2. The monoisotopic (exact) mass is 630 g/mol. The van der Waals surface area contributed by atoms with E-state index in [9.17, 15) is 30.3 Å². The number of aliphatic hydroxyl groups excluding tert-OH is 4. The Morgan fingerprint density at radius 3 is 2.39 bits per heavy atom. The number of carbonyl (C=O) groups is 1. The van der Waals surface area contributed by atoms with Gasteiger partial charge in [-0.3, -0.25) is 4.40 Å². The zero-order valence-corrected chi connectivity index (χ0v) is 24.6. The van der Waals surface area contributed by atoms with Gasteiger partial charge in [-0.25, -0.2) is 14.8 Å². The molecule has 6 atom stereocenters. The maximum Gasteiger partial charge on any atom is 0.377 e. The Morgan fingerprint density at radius 2 is 1.74 bits per heavy atom. The van der Waals surface area contributed by atoms with Crippen molar-refractivity contribution >= 4 is 11.6 Å². The molecule has 5 aromatic rings. The Labute approximate surface area is 263 Å². The van der Waals surface area contributed by atoms with Gasteiger partial charge in [-0.1, -0.05) is 60.7 Å². The molecule has 1 aliphatic rings. The lowest BCUT2D eigenvalue weighted by Crippen LogP contribution is -2.67. The molecule has 1 saturated heterocycles. The SMILES string of the molecule is N[C@H]1[C@H]([C@H](O)[C@H](O)CO)O[C@@](Oc2c(Cc3ccco3)nc3c(Cc4ccccc4)nc(-c4ccccc4)cn23)(C(=O)O)C[C@@H]1O. The molecule has 1 fully saturated rings. The van der Waals surface area contributed by atoms with Gasteiger partial charge in [0.15, 0.2) is 5.65 Å². The number of nitrogens with zero attached hydrogens (tertiary/aromatic N) is 3. The highest BCUT2D eigenvalue weighted by atomic mass is 16.7. The van der Waals surface area contributed by atoms with Gasteiger partial charge in [0.25, 0.3) is 0 Å². The van der Waals surface area contributed by atoms with Crippen molar-refractivity contribution in [2.75, 3.05) is 6.61 Å². The van der Waals surface area contributed by atoms with Crippen LogP contribution in [0.2, 0.25) is 0 Å². The van der Waals surface area contributed by atoms with Crippen LogP contribution in [0, 0.1) is 0 Å². The molecule has 6 rings (SSSR count). The van der Waals surface area contributed by atoms with Crippen LogP contribution in [-0.2, 0) is 22.4 Å². The van der Waals surface area contributed by atoms with Gasteiger partial charge in [0, 0.05) is 18.2 Å². The average Bonchev–Trinajstić information content (AvgIpc) is 3.71. The largest absolute Gasteiger partial charge is 0.476 e. The van der Waals surface area contributed by atoms with Crippen molar-refractivity contribution in [3.05, 3.63) is 108 Å². The molecule has 240 valence electrons. The fourth-order valence-corrected chi connectivity index (χ4v) is 5.60. The van der Waals surface area contributed by atoms with Crippen LogP contribution in [0.4, 0.5) is 0 Å². The van der Waals surface area contributed by atoms with Crippen molar-refractivity contribution in [2.45, 2.75) is 55.5 Å². The van der Waals surface area contributed by atoms with Gasteiger partial charge in [-0.2, -0.15) is 0 Å². The predicted octanol–water partition coefficient (Wildman–Crippen LogP) is 1.52. The minimum Gasteiger partial charge on any atom is -0.476 e. The Morgan fingerprint density at radius 1 is 1.02 bits per heavy atom. The molecule has 1 aliphatic heterocycles. The van der Waals surface area contributed by atoms with Crippen LogP contribution in [0.3, 0.4) is 0 Å². The van der Waals surface area contributed by atoms with E-state index in [0.717, 1.165) is 11.1 Å². The van der Waals surface area contributed by atoms with E-state index in [2.05, 4.69) is 0 Å². The van der Waals surface area contributed by atoms with Crippen LogP contribution in [0.1, 0.15) is 29.1 Å². The summed E-state index contributed by atoms with van der Waals surface area (Å²) in [4.78, 5) is 22.8. The summed E-state index contributed by atoms with van der Waals surface area (Å²) in [5, 5.41) is 51.7. The van der Waals surface area contributed by atoms with E-state index in [-0.39, 0.29) is 18.0 Å². The molecule has 0 saturated carbocycles. The van der Waals surface area contributed by atoms with Crippen LogP contribution in [0.15, 0.2) is 89.7 Å². The number of aromatic nitrogens is 3. The third-order valence-corrected chi connectivity index (χ3v) is 8.04. The van der Waals surface area contributed by atoms with E-state index < -0.39 is 55.2 Å². The first-order chi connectivity index (χ1) is 22.2. The Hall–Kier alpha value is -4.63. The number of hydrogen-bond donors (Lipinski definition) is 6. The number of rotatable bonds is 11. The Bertz CT molecular complexity index is 1780. The Balaban J connectivity index is 1.54. The van der Waals surface area contributed by atoms with Crippen molar-refractivity contribution in [3.63, 3.8) is 0 Å². The van der Waals surface area contributed by atoms with Crippen molar-refractivity contribution in [1.82, 2.24) is 14.4 Å². The van der Waals surface area contributed by atoms with Crippen LogP contribution in [0.5, 0.6) is 5.88 Å². The third kappa shape index (κ3) is 6.11. The molecule has 0 bridgehead atoms. The molecule has 0 aliphatic carbocycles. The second-order valence-corrected chi connectivity index (χ2v) is 11.2. The maximum atomic E-state index is 13.0. The molecule has 0 radical (unpaired) electrons. The summed E-state index contributed by atoms with van der Waals surface area (Å²) in [5.74, 6) is -3.71. The van der Waals surface area contributed by atoms with Crippen molar-refractivity contribution < 1.29 is 44.2 Å².